The monoisotopic (exact) mass is 192 g/mol. The van der Waals surface area contributed by atoms with E-state index in [9.17, 15) is 8.42 Å². The molecule has 0 unspecified atom stereocenters. The molecule has 4 nitrogen and oxygen atoms in total. The number of hydrogen-bond acceptors (Lipinski definition) is 5. The first kappa shape index (κ1) is 8.48. The van der Waals surface area contributed by atoms with Crippen LogP contribution in [0.3, 0.4) is 0 Å². The molecule has 0 bridgehead atoms. The largest absolute Gasteiger partial charge is 0.375 e. The van der Waals surface area contributed by atoms with Gasteiger partial charge in [-0.15, -0.1) is 0 Å². The lowest BCUT2D eigenvalue weighted by Crippen LogP contribution is -2.00. The lowest BCUT2D eigenvalue weighted by molar-refractivity contribution is 0.599. The molecule has 0 atom stereocenters. The third kappa shape index (κ3) is 1.69. The van der Waals surface area contributed by atoms with Crippen molar-refractivity contribution in [2.45, 2.75) is 11.1 Å². The molecule has 0 spiro atoms. The Balaban J connectivity index is 3.13. The molecule has 0 saturated carbocycles. The average Bonchev–Trinajstić information content (AvgIpc) is 2.36. The molecule has 0 aliphatic rings. The number of nitrogens with two attached hydrogens (primary N) is 1. The molecule has 0 aliphatic heterocycles. The van der Waals surface area contributed by atoms with Crippen molar-refractivity contribution in [2.24, 2.45) is 0 Å². The van der Waals surface area contributed by atoms with Gasteiger partial charge in [0.1, 0.15) is 4.21 Å². The number of anilines is 1. The second-order valence-corrected chi connectivity index (χ2v) is 5.49. The Hall–Kier alpha value is -0.620. The fourth-order valence-electron chi connectivity index (χ4n) is 0.558. The molecule has 0 radical (unpaired) electrons. The van der Waals surface area contributed by atoms with Crippen molar-refractivity contribution in [3.8, 4) is 0 Å². The molecule has 1 rings (SSSR count). The number of sulfone groups is 1. The van der Waals surface area contributed by atoms with Crippen LogP contribution in [0.4, 0.5) is 5.13 Å². The van der Waals surface area contributed by atoms with Crippen LogP contribution in [0, 0.1) is 0 Å². The fourth-order valence-corrected chi connectivity index (χ4v) is 2.59. The molecule has 0 saturated heterocycles. The van der Waals surface area contributed by atoms with Crippen LogP contribution >= 0.6 is 11.3 Å². The Morgan fingerprint density at radius 3 is 2.73 bits per heavy atom. The van der Waals surface area contributed by atoms with Crippen molar-refractivity contribution in [1.29, 1.82) is 0 Å². The summed E-state index contributed by atoms with van der Waals surface area (Å²) in [6.45, 7) is 1.59. The second kappa shape index (κ2) is 2.78. The predicted molar refractivity (Wildman–Crippen MR) is 44.3 cm³/mol. The van der Waals surface area contributed by atoms with Crippen LogP contribution in [-0.2, 0) is 9.84 Å². The molecule has 0 aliphatic carbocycles. The number of thiazole rings is 1. The molecule has 2 N–H and O–H groups in total. The van der Waals surface area contributed by atoms with Crippen molar-refractivity contribution in [2.75, 3.05) is 11.5 Å². The molecule has 0 aromatic carbocycles. The first-order chi connectivity index (χ1) is 5.06. The van der Waals surface area contributed by atoms with E-state index in [4.69, 9.17) is 5.73 Å². The first-order valence-corrected chi connectivity index (χ1v) is 5.47. The standard InChI is InChI=1S/C5H8N2O2S2/c1-2-11(8,9)4-3-7-5(6)10-4/h3H,2H2,1H3,(H2,6,7). The lowest BCUT2D eigenvalue weighted by atomic mass is 11.0. The fraction of sp³-hybridized carbons (Fsp3) is 0.400. The Labute approximate surface area is 69.0 Å². The van der Waals surface area contributed by atoms with Gasteiger partial charge in [-0.1, -0.05) is 18.3 Å². The number of aromatic nitrogens is 1. The molecular formula is C5H8N2O2S2. The Morgan fingerprint density at radius 1 is 1.73 bits per heavy atom. The van der Waals surface area contributed by atoms with E-state index in [-0.39, 0.29) is 15.1 Å². The van der Waals surface area contributed by atoms with E-state index in [1.807, 2.05) is 0 Å². The van der Waals surface area contributed by atoms with Crippen molar-refractivity contribution < 1.29 is 8.42 Å². The number of hydrogen-bond donors (Lipinski definition) is 1. The number of rotatable bonds is 2. The van der Waals surface area contributed by atoms with E-state index in [1.54, 1.807) is 6.92 Å². The summed E-state index contributed by atoms with van der Waals surface area (Å²) in [5.41, 5.74) is 5.27. The summed E-state index contributed by atoms with van der Waals surface area (Å²) in [7, 11) is -3.10. The second-order valence-electron chi connectivity index (χ2n) is 1.92. The summed E-state index contributed by atoms with van der Waals surface area (Å²) >= 11 is 0.998. The van der Waals surface area contributed by atoms with Gasteiger partial charge in [-0.3, -0.25) is 0 Å². The third-order valence-electron chi connectivity index (χ3n) is 1.19. The highest BCUT2D eigenvalue weighted by molar-refractivity contribution is 7.93. The quantitative estimate of drug-likeness (QED) is 0.741. The smallest absolute Gasteiger partial charge is 0.189 e. The zero-order valence-electron chi connectivity index (χ0n) is 5.94. The minimum Gasteiger partial charge on any atom is -0.375 e. The first-order valence-electron chi connectivity index (χ1n) is 3.00. The zero-order chi connectivity index (χ0) is 8.48. The molecule has 11 heavy (non-hydrogen) atoms. The Bertz CT molecular complexity index is 341. The van der Waals surface area contributed by atoms with Gasteiger partial charge in [-0.25, -0.2) is 13.4 Å². The van der Waals surface area contributed by atoms with Crippen LogP contribution in [0.25, 0.3) is 0 Å². The summed E-state index contributed by atoms with van der Waals surface area (Å²) < 4.78 is 22.5. The predicted octanol–water partition coefficient (Wildman–Crippen LogP) is 0.519. The molecule has 6 heteroatoms. The summed E-state index contributed by atoms with van der Waals surface area (Å²) in [5, 5.41) is 0.289. The van der Waals surface area contributed by atoms with E-state index in [1.165, 1.54) is 6.20 Å². The van der Waals surface area contributed by atoms with Gasteiger partial charge < -0.3 is 5.73 Å². The van der Waals surface area contributed by atoms with Gasteiger partial charge in [0.2, 0.25) is 0 Å². The Morgan fingerprint density at radius 2 is 2.36 bits per heavy atom. The topological polar surface area (TPSA) is 73.0 Å². The van der Waals surface area contributed by atoms with E-state index < -0.39 is 9.84 Å². The summed E-state index contributed by atoms with van der Waals surface area (Å²) in [5.74, 6) is 0.0919. The number of nitrogen functional groups attached to an aromatic ring is 1. The molecular weight excluding hydrogens is 184 g/mol. The van der Waals surface area contributed by atoms with Gasteiger partial charge in [-0.05, 0) is 0 Å². The molecule has 0 fully saturated rings. The van der Waals surface area contributed by atoms with Gasteiger partial charge in [0, 0.05) is 0 Å². The van der Waals surface area contributed by atoms with Gasteiger partial charge >= 0.3 is 0 Å². The third-order valence-corrected chi connectivity index (χ3v) is 4.30. The summed E-state index contributed by atoms with van der Waals surface area (Å²) in [6.07, 6.45) is 1.29. The van der Waals surface area contributed by atoms with Crippen LogP contribution in [0.1, 0.15) is 6.92 Å². The van der Waals surface area contributed by atoms with Crippen molar-refractivity contribution >= 4 is 26.3 Å². The van der Waals surface area contributed by atoms with Crippen LogP contribution < -0.4 is 5.73 Å². The zero-order valence-corrected chi connectivity index (χ0v) is 7.58. The highest BCUT2D eigenvalue weighted by Crippen LogP contribution is 2.20. The van der Waals surface area contributed by atoms with Gasteiger partial charge in [0.15, 0.2) is 15.0 Å². The molecule has 1 aromatic heterocycles. The minimum absolute atomic E-state index is 0.0919. The maximum absolute atomic E-state index is 11.1. The van der Waals surface area contributed by atoms with E-state index in [0.29, 0.717) is 0 Å². The van der Waals surface area contributed by atoms with Gasteiger partial charge in [-0.2, -0.15) is 0 Å². The summed E-state index contributed by atoms with van der Waals surface area (Å²) in [6, 6.07) is 0. The SMILES string of the molecule is CCS(=O)(=O)c1cnc(N)s1. The van der Waals surface area contributed by atoms with Crippen LogP contribution in [0.15, 0.2) is 10.4 Å². The van der Waals surface area contributed by atoms with E-state index in [2.05, 4.69) is 4.98 Å². The minimum atomic E-state index is -3.10. The average molecular weight is 192 g/mol. The molecule has 1 aromatic rings. The molecule has 62 valence electrons. The van der Waals surface area contributed by atoms with Crippen LogP contribution in [0.2, 0.25) is 0 Å². The van der Waals surface area contributed by atoms with Crippen molar-refractivity contribution in [3.05, 3.63) is 6.20 Å². The van der Waals surface area contributed by atoms with Gasteiger partial charge in [0.25, 0.3) is 0 Å². The Kier molecular flexibility index (Phi) is 2.15. The maximum atomic E-state index is 11.1. The van der Waals surface area contributed by atoms with Crippen LogP contribution in [-0.4, -0.2) is 19.2 Å². The van der Waals surface area contributed by atoms with Crippen molar-refractivity contribution in [3.63, 3.8) is 0 Å². The summed E-state index contributed by atoms with van der Waals surface area (Å²) in [4.78, 5) is 3.65. The van der Waals surface area contributed by atoms with Gasteiger partial charge in [0.05, 0.1) is 11.9 Å². The highest BCUT2D eigenvalue weighted by atomic mass is 32.2. The normalized spacial score (nSPS) is 11.7. The number of nitrogens with zero attached hydrogens (tertiary/aromatic N) is 1. The van der Waals surface area contributed by atoms with E-state index in [0.717, 1.165) is 11.3 Å². The van der Waals surface area contributed by atoms with Crippen LogP contribution in [0.5, 0.6) is 0 Å². The highest BCUT2D eigenvalue weighted by Gasteiger charge is 2.13. The molecule has 0 amide bonds. The lowest BCUT2D eigenvalue weighted by Gasteiger charge is -1.91. The van der Waals surface area contributed by atoms with Crippen molar-refractivity contribution in [1.82, 2.24) is 4.98 Å². The maximum Gasteiger partial charge on any atom is 0.189 e. The van der Waals surface area contributed by atoms with E-state index >= 15 is 0 Å². The molecule has 1 heterocycles.